The monoisotopic (exact) mass is 299 g/mol. The molecule has 0 aliphatic heterocycles. The van der Waals surface area contributed by atoms with Gasteiger partial charge in [0.2, 0.25) is 0 Å². The van der Waals surface area contributed by atoms with Crippen molar-refractivity contribution in [3.05, 3.63) is 29.6 Å². The molecule has 1 aromatic rings. The lowest BCUT2D eigenvalue weighted by molar-refractivity contribution is -0.137. The van der Waals surface area contributed by atoms with E-state index in [0.29, 0.717) is 18.2 Å². The maximum Gasteiger partial charge on any atom is 0.416 e. The molecule has 1 atom stereocenters. The molecule has 0 aliphatic carbocycles. The lowest BCUT2D eigenvalue weighted by Crippen LogP contribution is -2.25. The van der Waals surface area contributed by atoms with Gasteiger partial charge >= 0.3 is 6.18 Å². The Kier molecular flexibility index (Phi) is 4.44. The average molecular weight is 299 g/mol. The van der Waals surface area contributed by atoms with Gasteiger partial charge in [-0.1, -0.05) is 0 Å². The van der Waals surface area contributed by atoms with E-state index in [4.69, 9.17) is 0 Å². The number of halogens is 4. The number of hydrogen-bond donors (Lipinski definition) is 1. The van der Waals surface area contributed by atoms with Crippen LogP contribution in [-0.4, -0.2) is 26.5 Å². The Morgan fingerprint density at radius 3 is 2.37 bits per heavy atom. The third-order valence-corrected chi connectivity index (χ3v) is 3.35. The minimum atomic E-state index is -4.58. The molecule has 3 nitrogen and oxygen atoms in total. The second-order valence-electron chi connectivity index (χ2n) is 4.33. The van der Waals surface area contributed by atoms with Gasteiger partial charge in [-0.25, -0.2) is 12.8 Å². The number of anilines is 1. The first-order valence-electron chi connectivity index (χ1n) is 5.30. The number of alkyl halides is 3. The SMILES string of the molecule is CC(CS(C)(=O)=O)Nc1cc(C(F)(F)F)ccc1F. The van der Waals surface area contributed by atoms with Gasteiger partial charge in [0.05, 0.1) is 17.0 Å². The Morgan fingerprint density at radius 1 is 1.32 bits per heavy atom. The van der Waals surface area contributed by atoms with Crippen LogP contribution >= 0.6 is 0 Å². The van der Waals surface area contributed by atoms with Gasteiger partial charge in [0.15, 0.2) is 0 Å². The molecule has 0 aromatic heterocycles. The van der Waals surface area contributed by atoms with Crippen LogP contribution in [0.25, 0.3) is 0 Å². The summed E-state index contributed by atoms with van der Waals surface area (Å²) in [6, 6.07) is 1.24. The van der Waals surface area contributed by atoms with Gasteiger partial charge in [0, 0.05) is 12.3 Å². The molecule has 1 N–H and O–H groups in total. The van der Waals surface area contributed by atoms with E-state index in [1.807, 2.05) is 0 Å². The molecule has 0 aliphatic rings. The third kappa shape index (κ3) is 5.06. The maximum absolute atomic E-state index is 13.4. The van der Waals surface area contributed by atoms with Crippen molar-refractivity contribution in [3.63, 3.8) is 0 Å². The van der Waals surface area contributed by atoms with Crippen molar-refractivity contribution in [2.45, 2.75) is 19.1 Å². The Balaban J connectivity index is 2.95. The van der Waals surface area contributed by atoms with E-state index in [1.54, 1.807) is 0 Å². The Morgan fingerprint density at radius 2 is 1.89 bits per heavy atom. The third-order valence-electron chi connectivity index (χ3n) is 2.25. The summed E-state index contributed by atoms with van der Waals surface area (Å²) in [5.41, 5.74) is -1.37. The zero-order valence-electron chi connectivity index (χ0n) is 10.3. The molecule has 0 saturated carbocycles. The van der Waals surface area contributed by atoms with E-state index < -0.39 is 33.4 Å². The van der Waals surface area contributed by atoms with Crippen molar-refractivity contribution in [2.24, 2.45) is 0 Å². The molecule has 0 fully saturated rings. The molecule has 108 valence electrons. The highest BCUT2D eigenvalue weighted by Crippen LogP contribution is 2.31. The second-order valence-corrected chi connectivity index (χ2v) is 6.52. The maximum atomic E-state index is 13.4. The molecule has 1 aromatic carbocycles. The van der Waals surface area contributed by atoms with Crippen molar-refractivity contribution < 1.29 is 26.0 Å². The normalized spacial score (nSPS) is 14.2. The minimum absolute atomic E-state index is 0.303. The zero-order valence-corrected chi connectivity index (χ0v) is 11.1. The highest BCUT2D eigenvalue weighted by molar-refractivity contribution is 7.90. The van der Waals surface area contributed by atoms with Gasteiger partial charge in [-0.3, -0.25) is 0 Å². The van der Waals surface area contributed by atoms with Crippen molar-refractivity contribution in [2.75, 3.05) is 17.3 Å². The molecule has 8 heteroatoms. The molecule has 0 radical (unpaired) electrons. The van der Waals surface area contributed by atoms with Crippen LogP contribution in [0.2, 0.25) is 0 Å². The summed E-state index contributed by atoms with van der Waals surface area (Å²) in [6.07, 6.45) is -3.59. The van der Waals surface area contributed by atoms with Crippen LogP contribution in [0.5, 0.6) is 0 Å². The smallest absolute Gasteiger partial charge is 0.379 e. The number of benzene rings is 1. The highest BCUT2D eigenvalue weighted by atomic mass is 32.2. The van der Waals surface area contributed by atoms with E-state index in [0.717, 1.165) is 6.26 Å². The average Bonchev–Trinajstić information content (AvgIpc) is 2.16. The Bertz CT molecular complexity index is 554. The zero-order chi connectivity index (χ0) is 14.8. The molecular formula is C11H13F4NO2S. The first-order chi connectivity index (χ1) is 8.49. The highest BCUT2D eigenvalue weighted by Gasteiger charge is 2.31. The first-order valence-corrected chi connectivity index (χ1v) is 7.36. The van der Waals surface area contributed by atoms with Crippen LogP contribution in [0.4, 0.5) is 23.2 Å². The molecule has 19 heavy (non-hydrogen) atoms. The first kappa shape index (κ1) is 15.7. The van der Waals surface area contributed by atoms with Crippen molar-refractivity contribution in [1.82, 2.24) is 0 Å². The van der Waals surface area contributed by atoms with Gasteiger partial charge in [0.1, 0.15) is 15.7 Å². The predicted molar refractivity (Wildman–Crippen MR) is 64.2 cm³/mol. The molecule has 0 amide bonds. The molecule has 0 bridgehead atoms. The summed E-state index contributed by atoms with van der Waals surface area (Å²) in [5, 5.41) is 2.43. The standard InChI is InChI=1S/C11H13F4NO2S/c1-7(6-19(2,17)18)16-10-5-8(11(13,14)15)3-4-9(10)12/h3-5,7,16H,6H2,1-2H3. The van der Waals surface area contributed by atoms with E-state index in [9.17, 15) is 26.0 Å². The summed E-state index contributed by atoms with van der Waals surface area (Å²) in [5.74, 6) is -1.17. The van der Waals surface area contributed by atoms with Crippen LogP contribution in [0.3, 0.4) is 0 Å². The summed E-state index contributed by atoms with van der Waals surface area (Å²) in [6.45, 7) is 1.45. The van der Waals surface area contributed by atoms with Crippen LogP contribution in [0.1, 0.15) is 12.5 Å². The topological polar surface area (TPSA) is 46.2 Å². The number of sulfone groups is 1. The lowest BCUT2D eigenvalue weighted by atomic mass is 10.1. The summed E-state index contributed by atoms with van der Waals surface area (Å²) in [7, 11) is -3.30. The number of rotatable bonds is 4. The van der Waals surface area contributed by atoms with Crippen LogP contribution in [-0.2, 0) is 16.0 Å². The van der Waals surface area contributed by atoms with Gasteiger partial charge < -0.3 is 5.32 Å². The molecular weight excluding hydrogens is 286 g/mol. The second kappa shape index (κ2) is 5.36. The van der Waals surface area contributed by atoms with Crippen LogP contribution in [0, 0.1) is 5.82 Å². The van der Waals surface area contributed by atoms with Crippen molar-refractivity contribution in [1.29, 1.82) is 0 Å². The van der Waals surface area contributed by atoms with Gasteiger partial charge in [0.25, 0.3) is 0 Å². The molecule has 1 unspecified atom stereocenters. The van der Waals surface area contributed by atoms with E-state index >= 15 is 0 Å². The fourth-order valence-electron chi connectivity index (χ4n) is 1.57. The Hall–Kier alpha value is -1.31. The fraction of sp³-hybridized carbons (Fsp3) is 0.455. The van der Waals surface area contributed by atoms with Gasteiger partial charge in [-0.2, -0.15) is 13.2 Å². The van der Waals surface area contributed by atoms with Crippen LogP contribution < -0.4 is 5.32 Å². The van der Waals surface area contributed by atoms with E-state index in [1.165, 1.54) is 6.92 Å². The molecule has 0 heterocycles. The van der Waals surface area contributed by atoms with E-state index in [-0.39, 0.29) is 11.4 Å². The summed E-state index contributed by atoms with van der Waals surface area (Å²) in [4.78, 5) is 0. The quantitative estimate of drug-likeness (QED) is 0.870. The summed E-state index contributed by atoms with van der Waals surface area (Å²) >= 11 is 0. The Labute approximate surface area is 108 Å². The number of nitrogens with one attached hydrogen (secondary N) is 1. The lowest BCUT2D eigenvalue weighted by Gasteiger charge is -2.16. The molecule has 1 rings (SSSR count). The van der Waals surface area contributed by atoms with Gasteiger partial charge in [-0.15, -0.1) is 0 Å². The van der Waals surface area contributed by atoms with Crippen molar-refractivity contribution >= 4 is 15.5 Å². The van der Waals surface area contributed by atoms with E-state index in [2.05, 4.69) is 5.32 Å². The molecule has 0 saturated heterocycles. The molecule has 0 spiro atoms. The van der Waals surface area contributed by atoms with Crippen LogP contribution in [0.15, 0.2) is 18.2 Å². The predicted octanol–water partition coefficient (Wildman–Crippen LogP) is 2.69. The summed E-state index contributed by atoms with van der Waals surface area (Å²) < 4.78 is 72.8. The fourth-order valence-corrected chi connectivity index (χ4v) is 2.57. The number of hydrogen-bond acceptors (Lipinski definition) is 3. The minimum Gasteiger partial charge on any atom is -0.379 e. The van der Waals surface area contributed by atoms with Gasteiger partial charge in [-0.05, 0) is 25.1 Å². The largest absolute Gasteiger partial charge is 0.416 e. The van der Waals surface area contributed by atoms with Crippen molar-refractivity contribution in [3.8, 4) is 0 Å².